The molecule has 0 aliphatic heterocycles. The number of esters is 1. The molecule has 0 fully saturated rings. The SMILES string of the molecule is COc1cc(-c2nc3ccc(Br)cn3c2NC(C)(C)CC(C)(C)C)ccc1OC(=O)c1ccc([N+](=O)[O-])cc1. The zero-order valence-electron chi connectivity index (χ0n) is 22.7. The standard InChI is InChI=1S/C29H31BrN4O5/c1-28(2,3)17-29(4,5)32-26-25(31-24-14-10-20(30)16-33(24)26)19-9-13-22(23(15-19)38-6)39-27(35)18-7-11-21(12-8-18)34(36)37/h7-16,32H,17H2,1-6H3. The third-order valence-corrected chi connectivity index (χ3v) is 6.43. The van der Waals surface area contributed by atoms with Crippen LogP contribution in [-0.2, 0) is 0 Å². The molecule has 9 nitrogen and oxygen atoms in total. The van der Waals surface area contributed by atoms with Crippen molar-refractivity contribution in [1.82, 2.24) is 9.38 Å². The van der Waals surface area contributed by atoms with Crippen molar-refractivity contribution in [2.75, 3.05) is 12.4 Å². The number of pyridine rings is 1. The van der Waals surface area contributed by atoms with Crippen LogP contribution >= 0.6 is 15.9 Å². The molecule has 0 amide bonds. The van der Waals surface area contributed by atoms with Crippen LogP contribution in [0, 0.1) is 15.5 Å². The molecule has 0 atom stereocenters. The first kappa shape index (κ1) is 28.1. The number of fused-ring (bicyclic) bond motifs is 1. The van der Waals surface area contributed by atoms with Crippen molar-refractivity contribution in [3.05, 3.63) is 80.9 Å². The van der Waals surface area contributed by atoms with Crippen LogP contribution < -0.4 is 14.8 Å². The van der Waals surface area contributed by atoms with Gasteiger partial charge in [0.05, 0.1) is 17.6 Å². The Labute approximate surface area is 235 Å². The number of hydrogen-bond acceptors (Lipinski definition) is 7. The largest absolute Gasteiger partial charge is 0.493 e. The molecule has 204 valence electrons. The van der Waals surface area contributed by atoms with Crippen molar-refractivity contribution in [3.63, 3.8) is 0 Å². The Bertz CT molecular complexity index is 1540. The molecule has 10 heteroatoms. The van der Waals surface area contributed by atoms with E-state index in [9.17, 15) is 14.9 Å². The lowest BCUT2D eigenvalue weighted by Crippen LogP contribution is -2.36. The Morgan fingerprint density at radius 1 is 1.05 bits per heavy atom. The van der Waals surface area contributed by atoms with E-state index in [1.165, 1.54) is 31.4 Å². The van der Waals surface area contributed by atoms with Gasteiger partial charge in [0.15, 0.2) is 11.5 Å². The molecule has 2 aromatic heterocycles. The number of ether oxygens (including phenoxy) is 2. The highest BCUT2D eigenvalue weighted by molar-refractivity contribution is 9.10. The number of nitro benzene ring substituents is 1. The molecule has 4 rings (SSSR count). The summed E-state index contributed by atoms with van der Waals surface area (Å²) in [5.74, 6) is 0.748. The van der Waals surface area contributed by atoms with E-state index >= 15 is 0 Å². The fraction of sp³-hybridized carbons (Fsp3) is 0.310. The second kappa shape index (κ2) is 10.7. The summed E-state index contributed by atoms with van der Waals surface area (Å²) < 4.78 is 14.1. The number of hydrogen-bond donors (Lipinski definition) is 1. The minimum Gasteiger partial charge on any atom is -0.493 e. The smallest absolute Gasteiger partial charge is 0.343 e. The highest BCUT2D eigenvalue weighted by Gasteiger charge is 2.28. The molecule has 2 heterocycles. The van der Waals surface area contributed by atoms with Gasteiger partial charge in [0.1, 0.15) is 17.2 Å². The van der Waals surface area contributed by atoms with Crippen molar-refractivity contribution in [2.24, 2.45) is 5.41 Å². The summed E-state index contributed by atoms with van der Waals surface area (Å²) in [5, 5.41) is 14.6. The molecule has 0 saturated heterocycles. The molecule has 0 aliphatic carbocycles. The van der Waals surface area contributed by atoms with Gasteiger partial charge in [0.2, 0.25) is 0 Å². The van der Waals surface area contributed by atoms with Crippen molar-refractivity contribution in [3.8, 4) is 22.8 Å². The number of imidazole rings is 1. The third-order valence-electron chi connectivity index (χ3n) is 5.97. The number of nitrogens with zero attached hydrogens (tertiary/aromatic N) is 3. The summed E-state index contributed by atoms with van der Waals surface area (Å²) >= 11 is 3.57. The topological polar surface area (TPSA) is 108 Å². The highest BCUT2D eigenvalue weighted by Crippen LogP contribution is 2.38. The number of rotatable bonds is 8. The number of anilines is 1. The molecule has 0 bridgehead atoms. The van der Waals surface area contributed by atoms with E-state index in [0.29, 0.717) is 5.75 Å². The minimum absolute atomic E-state index is 0.107. The summed E-state index contributed by atoms with van der Waals surface area (Å²) in [4.78, 5) is 28.0. The number of carbonyl (C=O) groups is 1. The quantitative estimate of drug-likeness (QED) is 0.0971. The van der Waals surface area contributed by atoms with Gasteiger partial charge < -0.3 is 14.8 Å². The fourth-order valence-electron chi connectivity index (χ4n) is 4.81. The monoisotopic (exact) mass is 594 g/mol. The first-order valence-corrected chi connectivity index (χ1v) is 13.2. The van der Waals surface area contributed by atoms with Crippen molar-refractivity contribution in [1.29, 1.82) is 0 Å². The van der Waals surface area contributed by atoms with E-state index in [-0.39, 0.29) is 28.0 Å². The van der Waals surface area contributed by atoms with Gasteiger partial charge in [0.25, 0.3) is 5.69 Å². The Kier molecular flexibility index (Phi) is 7.70. The Hall–Kier alpha value is -3.92. The maximum absolute atomic E-state index is 12.7. The van der Waals surface area contributed by atoms with Crippen molar-refractivity contribution in [2.45, 2.75) is 46.6 Å². The first-order chi connectivity index (χ1) is 18.3. The molecule has 0 radical (unpaired) electrons. The van der Waals surface area contributed by atoms with Crippen LogP contribution in [0.15, 0.2) is 65.3 Å². The first-order valence-electron chi connectivity index (χ1n) is 12.4. The van der Waals surface area contributed by atoms with Crippen LogP contribution in [-0.4, -0.2) is 32.9 Å². The molecular formula is C29H31BrN4O5. The van der Waals surface area contributed by atoms with Crippen LogP contribution in [0.5, 0.6) is 11.5 Å². The third kappa shape index (κ3) is 6.57. The number of benzene rings is 2. The molecule has 39 heavy (non-hydrogen) atoms. The van der Waals surface area contributed by atoms with Gasteiger partial charge in [-0.05, 0) is 84.1 Å². The number of nitrogens with one attached hydrogen (secondary N) is 1. The number of aromatic nitrogens is 2. The number of methoxy groups -OCH3 is 1. The maximum Gasteiger partial charge on any atom is 0.343 e. The van der Waals surface area contributed by atoms with Crippen LogP contribution in [0.1, 0.15) is 51.4 Å². The normalized spacial score (nSPS) is 11.9. The molecule has 0 aliphatic rings. The molecule has 0 saturated carbocycles. The predicted octanol–water partition coefficient (Wildman–Crippen LogP) is 7.53. The van der Waals surface area contributed by atoms with Crippen LogP contribution in [0.3, 0.4) is 0 Å². The number of halogens is 1. The molecule has 0 spiro atoms. The van der Waals surface area contributed by atoms with E-state index in [2.05, 4.69) is 55.9 Å². The Morgan fingerprint density at radius 2 is 1.74 bits per heavy atom. The summed E-state index contributed by atoms with van der Waals surface area (Å²) in [5.41, 5.74) is 2.21. The molecule has 4 aromatic rings. The second-order valence-electron chi connectivity index (χ2n) is 11.2. The average molecular weight is 595 g/mol. The number of non-ortho nitro benzene ring substituents is 1. The molecule has 0 unspecified atom stereocenters. The van der Waals surface area contributed by atoms with Gasteiger partial charge in [-0.25, -0.2) is 9.78 Å². The van der Waals surface area contributed by atoms with Crippen molar-refractivity contribution >= 4 is 39.1 Å². The van der Waals surface area contributed by atoms with Crippen LogP contribution in [0.4, 0.5) is 11.5 Å². The summed E-state index contributed by atoms with van der Waals surface area (Å²) in [6.07, 6.45) is 2.89. The van der Waals surface area contributed by atoms with Gasteiger partial charge in [0, 0.05) is 33.9 Å². The van der Waals surface area contributed by atoms with Crippen molar-refractivity contribution < 1.29 is 19.2 Å². The zero-order chi connectivity index (χ0) is 28.5. The summed E-state index contributed by atoms with van der Waals surface area (Å²) in [6.45, 7) is 11.0. The van der Waals surface area contributed by atoms with Crippen LogP contribution in [0.2, 0.25) is 0 Å². The van der Waals surface area contributed by atoms with E-state index in [1.54, 1.807) is 12.1 Å². The second-order valence-corrected chi connectivity index (χ2v) is 12.1. The Morgan fingerprint density at radius 3 is 2.36 bits per heavy atom. The summed E-state index contributed by atoms with van der Waals surface area (Å²) in [7, 11) is 1.49. The van der Waals surface area contributed by atoms with Gasteiger partial charge in [-0.1, -0.05) is 20.8 Å². The average Bonchev–Trinajstić information content (AvgIpc) is 3.19. The Balaban J connectivity index is 1.70. The molecule has 1 N–H and O–H groups in total. The van der Waals surface area contributed by atoms with E-state index in [1.807, 2.05) is 28.8 Å². The minimum atomic E-state index is -0.653. The molecule has 2 aromatic carbocycles. The molecular weight excluding hydrogens is 564 g/mol. The summed E-state index contributed by atoms with van der Waals surface area (Å²) in [6, 6.07) is 14.4. The zero-order valence-corrected chi connectivity index (χ0v) is 24.3. The van der Waals surface area contributed by atoms with E-state index in [0.717, 1.165) is 33.6 Å². The van der Waals surface area contributed by atoms with E-state index < -0.39 is 10.9 Å². The lowest BCUT2D eigenvalue weighted by molar-refractivity contribution is -0.384. The lowest BCUT2D eigenvalue weighted by atomic mass is 9.82. The maximum atomic E-state index is 12.7. The predicted molar refractivity (Wildman–Crippen MR) is 155 cm³/mol. The highest BCUT2D eigenvalue weighted by atomic mass is 79.9. The van der Waals surface area contributed by atoms with Gasteiger partial charge in [-0.3, -0.25) is 14.5 Å². The van der Waals surface area contributed by atoms with E-state index in [4.69, 9.17) is 14.5 Å². The van der Waals surface area contributed by atoms with Gasteiger partial charge in [-0.2, -0.15) is 0 Å². The number of nitro groups is 1. The van der Waals surface area contributed by atoms with Gasteiger partial charge in [-0.15, -0.1) is 0 Å². The van der Waals surface area contributed by atoms with Gasteiger partial charge >= 0.3 is 5.97 Å². The fourth-order valence-corrected chi connectivity index (χ4v) is 5.14. The number of carbonyl (C=O) groups excluding carboxylic acids is 1. The van der Waals surface area contributed by atoms with Crippen LogP contribution in [0.25, 0.3) is 16.9 Å². The lowest BCUT2D eigenvalue weighted by Gasteiger charge is -2.34.